The molecule has 2 aromatic rings. The number of aromatic nitrogens is 1. The molecule has 1 aromatic heterocycles. The van der Waals surface area contributed by atoms with E-state index in [1.807, 2.05) is 25.1 Å². The molecule has 1 aromatic carbocycles. The molecule has 0 saturated carbocycles. The van der Waals surface area contributed by atoms with Gasteiger partial charge in [0, 0.05) is 4.47 Å². The zero-order valence-electron chi connectivity index (χ0n) is 7.83. The summed E-state index contributed by atoms with van der Waals surface area (Å²) in [6.07, 6.45) is 2.47. The topological polar surface area (TPSA) is 26.0 Å². The third kappa shape index (κ3) is 2.04. The molecule has 0 aliphatic carbocycles. The standard InChI is InChI=1S/C11H10BrNO/c1-8-7-13-11(14-8)6-9-4-2-3-5-10(9)12/h2-5,7H,6H2,1H3. The van der Waals surface area contributed by atoms with E-state index in [0.29, 0.717) is 0 Å². The van der Waals surface area contributed by atoms with Crippen molar-refractivity contribution in [3.8, 4) is 0 Å². The van der Waals surface area contributed by atoms with E-state index in [1.165, 1.54) is 5.56 Å². The van der Waals surface area contributed by atoms with Crippen LogP contribution in [0.1, 0.15) is 17.2 Å². The van der Waals surface area contributed by atoms with Crippen LogP contribution < -0.4 is 0 Å². The van der Waals surface area contributed by atoms with Gasteiger partial charge in [0.1, 0.15) is 5.76 Å². The summed E-state index contributed by atoms with van der Waals surface area (Å²) in [6.45, 7) is 1.90. The fraction of sp³-hybridized carbons (Fsp3) is 0.182. The highest BCUT2D eigenvalue weighted by Gasteiger charge is 2.04. The lowest BCUT2D eigenvalue weighted by atomic mass is 10.1. The first-order valence-electron chi connectivity index (χ1n) is 4.40. The number of rotatable bonds is 2. The van der Waals surface area contributed by atoms with Crippen LogP contribution >= 0.6 is 15.9 Å². The van der Waals surface area contributed by atoms with Crippen LogP contribution in [-0.4, -0.2) is 4.98 Å². The Balaban J connectivity index is 2.23. The van der Waals surface area contributed by atoms with E-state index in [2.05, 4.69) is 27.0 Å². The van der Waals surface area contributed by atoms with Gasteiger partial charge in [-0.3, -0.25) is 0 Å². The second kappa shape index (κ2) is 3.96. The van der Waals surface area contributed by atoms with E-state index >= 15 is 0 Å². The number of halogens is 1. The summed E-state index contributed by atoms with van der Waals surface area (Å²) in [4.78, 5) is 4.16. The van der Waals surface area contributed by atoms with Gasteiger partial charge in [-0.15, -0.1) is 0 Å². The van der Waals surface area contributed by atoms with Gasteiger partial charge in [0.25, 0.3) is 0 Å². The largest absolute Gasteiger partial charge is 0.446 e. The Morgan fingerprint density at radius 3 is 2.79 bits per heavy atom. The first-order chi connectivity index (χ1) is 6.75. The molecule has 2 nitrogen and oxygen atoms in total. The summed E-state index contributed by atoms with van der Waals surface area (Å²) in [5.41, 5.74) is 1.19. The number of hydrogen-bond donors (Lipinski definition) is 0. The molecule has 72 valence electrons. The number of hydrogen-bond acceptors (Lipinski definition) is 2. The average molecular weight is 252 g/mol. The second-order valence-electron chi connectivity index (χ2n) is 3.13. The van der Waals surface area contributed by atoms with Crippen LogP contribution in [0.5, 0.6) is 0 Å². The van der Waals surface area contributed by atoms with Crippen molar-refractivity contribution in [2.24, 2.45) is 0 Å². The van der Waals surface area contributed by atoms with Gasteiger partial charge in [-0.1, -0.05) is 34.1 Å². The van der Waals surface area contributed by atoms with E-state index < -0.39 is 0 Å². The molecular formula is C11H10BrNO. The summed E-state index contributed by atoms with van der Waals surface area (Å²) in [5, 5.41) is 0. The molecule has 0 radical (unpaired) electrons. The van der Waals surface area contributed by atoms with Crippen molar-refractivity contribution >= 4 is 15.9 Å². The lowest BCUT2D eigenvalue weighted by Gasteiger charge is -1.99. The van der Waals surface area contributed by atoms with E-state index in [1.54, 1.807) is 6.20 Å². The maximum Gasteiger partial charge on any atom is 0.198 e. The minimum absolute atomic E-state index is 0.731. The van der Waals surface area contributed by atoms with Crippen LogP contribution in [-0.2, 0) is 6.42 Å². The minimum Gasteiger partial charge on any atom is -0.446 e. The summed E-state index contributed by atoms with van der Waals surface area (Å²) in [7, 11) is 0. The van der Waals surface area contributed by atoms with Crippen molar-refractivity contribution < 1.29 is 4.42 Å². The third-order valence-electron chi connectivity index (χ3n) is 1.97. The van der Waals surface area contributed by atoms with Gasteiger partial charge < -0.3 is 4.42 Å². The van der Waals surface area contributed by atoms with E-state index in [0.717, 1.165) is 22.5 Å². The normalized spacial score (nSPS) is 10.4. The van der Waals surface area contributed by atoms with Gasteiger partial charge in [-0.25, -0.2) is 4.98 Å². The summed E-state index contributed by atoms with van der Waals surface area (Å²) in [5.74, 6) is 1.61. The Hall–Kier alpha value is -1.09. The number of benzene rings is 1. The Bertz CT molecular complexity index is 436. The van der Waals surface area contributed by atoms with Crippen molar-refractivity contribution in [1.29, 1.82) is 0 Å². The molecule has 14 heavy (non-hydrogen) atoms. The molecule has 0 amide bonds. The highest BCUT2D eigenvalue weighted by molar-refractivity contribution is 9.10. The molecule has 0 atom stereocenters. The first-order valence-corrected chi connectivity index (χ1v) is 5.20. The minimum atomic E-state index is 0.731. The van der Waals surface area contributed by atoms with Gasteiger partial charge in [0.05, 0.1) is 12.6 Å². The van der Waals surface area contributed by atoms with Gasteiger partial charge in [-0.05, 0) is 18.6 Å². The van der Waals surface area contributed by atoms with Crippen LogP contribution in [0.15, 0.2) is 39.4 Å². The Morgan fingerprint density at radius 1 is 1.36 bits per heavy atom. The molecule has 0 bridgehead atoms. The highest BCUT2D eigenvalue weighted by atomic mass is 79.9. The second-order valence-corrected chi connectivity index (χ2v) is 3.99. The van der Waals surface area contributed by atoms with Crippen molar-refractivity contribution in [3.63, 3.8) is 0 Å². The average Bonchev–Trinajstić information content (AvgIpc) is 2.56. The summed E-state index contributed by atoms with van der Waals surface area (Å²) < 4.78 is 6.50. The molecule has 2 rings (SSSR count). The van der Waals surface area contributed by atoms with Crippen molar-refractivity contribution in [3.05, 3.63) is 52.1 Å². The van der Waals surface area contributed by atoms with E-state index in [-0.39, 0.29) is 0 Å². The van der Waals surface area contributed by atoms with Crippen LogP contribution in [0.25, 0.3) is 0 Å². The molecule has 1 heterocycles. The lowest BCUT2D eigenvalue weighted by molar-refractivity contribution is 0.481. The van der Waals surface area contributed by atoms with E-state index in [9.17, 15) is 0 Å². The predicted molar refractivity (Wildman–Crippen MR) is 58.2 cm³/mol. The molecule has 0 unspecified atom stereocenters. The zero-order chi connectivity index (χ0) is 9.97. The molecule has 3 heteroatoms. The van der Waals surface area contributed by atoms with Gasteiger partial charge in [-0.2, -0.15) is 0 Å². The molecular weight excluding hydrogens is 242 g/mol. The maximum absolute atomic E-state index is 5.41. The van der Waals surface area contributed by atoms with Crippen LogP contribution in [0.3, 0.4) is 0 Å². The smallest absolute Gasteiger partial charge is 0.198 e. The molecule has 0 aliphatic rings. The van der Waals surface area contributed by atoms with Gasteiger partial charge >= 0.3 is 0 Å². The third-order valence-corrected chi connectivity index (χ3v) is 2.74. The molecule has 0 aliphatic heterocycles. The number of aryl methyl sites for hydroxylation is 1. The first kappa shape index (κ1) is 9.46. The van der Waals surface area contributed by atoms with Crippen molar-refractivity contribution in [2.45, 2.75) is 13.3 Å². The van der Waals surface area contributed by atoms with Crippen molar-refractivity contribution in [1.82, 2.24) is 4.98 Å². The fourth-order valence-corrected chi connectivity index (χ4v) is 1.71. The molecule has 0 N–H and O–H groups in total. The monoisotopic (exact) mass is 251 g/mol. The number of oxazole rings is 1. The van der Waals surface area contributed by atoms with Gasteiger partial charge in [0.15, 0.2) is 5.89 Å². The zero-order valence-corrected chi connectivity index (χ0v) is 9.41. The molecule has 0 spiro atoms. The van der Waals surface area contributed by atoms with E-state index in [4.69, 9.17) is 4.42 Å². The summed E-state index contributed by atoms with van der Waals surface area (Å²) in [6, 6.07) is 8.08. The van der Waals surface area contributed by atoms with Gasteiger partial charge in [0.2, 0.25) is 0 Å². The highest BCUT2D eigenvalue weighted by Crippen LogP contribution is 2.19. The van der Waals surface area contributed by atoms with Crippen LogP contribution in [0.4, 0.5) is 0 Å². The number of nitrogens with zero attached hydrogens (tertiary/aromatic N) is 1. The fourth-order valence-electron chi connectivity index (χ4n) is 1.29. The molecule has 0 saturated heterocycles. The van der Waals surface area contributed by atoms with Crippen LogP contribution in [0.2, 0.25) is 0 Å². The summed E-state index contributed by atoms with van der Waals surface area (Å²) >= 11 is 3.49. The SMILES string of the molecule is Cc1cnc(Cc2ccccc2Br)o1. The lowest BCUT2D eigenvalue weighted by Crippen LogP contribution is -1.88. The quantitative estimate of drug-likeness (QED) is 0.819. The van der Waals surface area contributed by atoms with Crippen LogP contribution in [0, 0.1) is 6.92 Å². The Kier molecular flexibility index (Phi) is 2.68. The predicted octanol–water partition coefficient (Wildman–Crippen LogP) is 3.34. The Morgan fingerprint density at radius 2 is 2.14 bits per heavy atom. The Labute approximate surface area is 91.1 Å². The molecule has 0 fully saturated rings. The van der Waals surface area contributed by atoms with Crippen molar-refractivity contribution in [2.75, 3.05) is 0 Å². The maximum atomic E-state index is 5.41.